The predicted molar refractivity (Wildman–Crippen MR) is 103 cm³/mol. The van der Waals surface area contributed by atoms with Gasteiger partial charge in [0.05, 0.1) is 0 Å². The van der Waals surface area contributed by atoms with Crippen molar-refractivity contribution >= 4 is 21.8 Å². The van der Waals surface area contributed by atoms with Gasteiger partial charge in [-0.15, -0.1) is 0 Å². The van der Waals surface area contributed by atoms with E-state index in [1.807, 2.05) is 29.2 Å². The Labute approximate surface area is 161 Å². The Bertz CT molecular complexity index is 756. The Morgan fingerprint density at radius 3 is 2.73 bits per heavy atom. The zero-order chi connectivity index (χ0) is 18.4. The van der Waals surface area contributed by atoms with E-state index in [4.69, 9.17) is 4.74 Å². The van der Waals surface area contributed by atoms with E-state index in [-0.39, 0.29) is 11.7 Å². The summed E-state index contributed by atoms with van der Waals surface area (Å²) in [5, 5.41) is 0. The number of nitrogens with zero attached hydrogens (tertiary/aromatic N) is 2. The number of hydrogen-bond acceptors (Lipinski definition) is 3. The second-order valence-corrected chi connectivity index (χ2v) is 7.22. The maximum atomic E-state index is 13.3. The van der Waals surface area contributed by atoms with E-state index in [1.165, 1.54) is 12.1 Å². The second kappa shape index (κ2) is 9.14. The highest BCUT2D eigenvalue weighted by molar-refractivity contribution is 9.10. The van der Waals surface area contributed by atoms with Crippen LogP contribution in [0.4, 0.5) is 4.39 Å². The number of halogens is 2. The van der Waals surface area contributed by atoms with Crippen molar-refractivity contribution in [3.05, 3.63) is 64.4 Å². The van der Waals surface area contributed by atoms with E-state index < -0.39 is 0 Å². The Morgan fingerprint density at radius 2 is 1.92 bits per heavy atom. The lowest BCUT2D eigenvalue weighted by molar-refractivity contribution is 0.0760. The fourth-order valence-corrected chi connectivity index (χ4v) is 3.43. The molecular formula is C20H22BrFN2O2. The second-order valence-electron chi connectivity index (χ2n) is 6.30. The molecule has 0 bridgehead atoms. The van der Waals surface area contributed by atoms with E-state index in [0.29, 0.717) is 25.3 Å². The van der Waals surface area contributed by atoms with Crippen LogP contribution in [0.1, 0.15) is 16.8 Å². The zero-order valence-electron chi connectivity index (χ0n) is 14.5. The Morgan fingerprint density at radius 1 is 1.08 bits per heavy atom. The highest BCUT2D eigenvalue weighted by atomic mass is 79.9. The highest BCUT2D eigenvalue weighted by Crippen LogP contribution is 2.17. The minimum atomic E-state index is -0.378. The van der Waals surface area contributed by atoms with Gasteiger partial charge >= 0.3 is 0 Å². The Kier molecular flexibility index (Phi) is 6.63. The molecule has 3 rings (SSSR count). The van der Waals surface area contributed by atoms with Gasteiger partial charge in [0.2, 0.25) is 0 Å². The highest BCUT2D eigenvalue weighted by Gasteiger charge is 2.20. The van der Waals surface area contributed by atoms with Gasteiger partial charge in [0.1, 0.15) is 18.2 Å². The molecule has 138 valence electrons. The summed E-state index contributed by atoms with van der Waals surface area (Å²) in [5.41, 5.74) is 0.413. The number of hydrogen-bond donors (Lipinski definition) is 0. The van der Waals surface area contributed by atoms with Crippen LogP contribution in [0.2, 0.25) is 0 Å². The van der Waals surface area contributed by atoms with Gasteiger partial charge in [-0.2, -0.15) is 0 Å². The normalized spacial score (nSPS) is 15.5. The molecule has 0 aromatic heterocycles. The summed E-state index contributed by atoms with van der Waals surface area (Å²) in [4.78, 5) is 16.7. The molecule has 0 unspecified atom stereocenters. The molecule has 2 aromatic rings. The van der Waals surface area contributed by atoms with Gasteiger partial charge in [-0.05, 0) is 42.8 Å². The Balaban J connectivity index is 1.48. The third-order valence-corrected chi connectivity index (χ3v) is 4.91. The molecule has 1 fully saturated rings. The number of ether oxygens (including phenoxy) is 1. The summed E-state index contributed by atoms with van der Waals surface area (Å²) < 4.78 is 20.1. The molecule has 4 nitrogen and oxygen atoms in total. The molecule has 1 aliphatic heterocycles. The first kappa shape index (κ1) is 18.9. The molecule has 1 heterocycles. The molecule has 0 saturated carbocycles. The van der Waals surface area contributed by atoms with E-state index in [0.717, 1.165) is 36.3 Å². The minimum Gasteiger partial charge on any atom is -0.492 e. The lowest BCUT2D eigenvalue weighted by Crippen LogP contribution is -2.36. The van der Waals surface area contributed by atoms with Crippen LogP contribution >= 0.6 is 15.9 Å². The lowest BCUT2D eigenvalue weighted by Gasteiger charge is -2.22. The maximum Gasteiger partial charge on any atom is 0.254 e. The molecule has 0 N–H and O–H groups in total. The van der Waals surface area contributed by atoms with Crippen molar-refractivity contribution < 1.29 is 13.9 Å². The van der Waals surface area contributed by atoms with Gasteiger partial charge in [-0.25, -0.2) is 4.39 Å². The number of carbonyl (C=O) groups excluding carboxylic acids is 1. The van der Waals surface area contributed by atoms with Gasteiger partial charge < -0.3 is 9.64 Å². The third kappa shape index (κ3) is 5.29. The van der Waals surface area contributed by atoms with Crippen molar-refractivity contribution in [2.45, 2.75) is 6.42 Å². The van der Waals surface area contributed by atoms with Crippen LogP contribution < -0.4 is 4.74 Å². The largest absolute Gasteiger partial charge is 0.492 e. The van der Waals surface area contributed by atoms with Crippen molar-refractivity contribution in [3.63, 3.8) is 0 Å². The van der Waals surface area contributed by atoms with Gasteiger partial charge in [0.15, 0.2) is 0 Å². The van der Waals surface area contributed by atoms with Crippen LogP contribution in [0.3, 0.4) is 0 Å². The van der Waals surface area contributed by atoms with E-state index >= 15 is 0 Å². The van der Waals surface area contributed by atoms with Gasteiger partial charge in [-0.1, -0.05) is 28.1 Å². The molecule has 1 saturated heterocycles. The first-order valence-corrected chi connectivity index (χ1v) is 9.57. The van der Waals surface area contributed by atoms with Crippen molar-refractivity contribution in [3.8, 4) is 5.75 Å². The first-order valence-electron chi connectivity index (χ1n) is 8.77. The Hall–Kier alpha value is -1.92. The van der Waals surface area contributed by atoms with Crippen LogP contribution in [0, 0.1) is 5.82 Å². The van der Waals surface area contributed by atoms with E-state index in [2.05, 4.69) is 20.8 Å². The fourth-order valence-electron chi connectivity index (χ4n) is 3.05. The smallest absolute Gasteiger partial charge is 0.254 e. The molecule has 2 aromatic carbocycles. The number of rotatable bonds is 5. The number of carbonyl (C=O) groups is 1. The number of benzene rings is 2. The molecule has 0 radical (unpaired) electrons. The third-order valence-electron chi connectivity index (χ3n) is 4.42. The van der Waals surface area contributed by atoms with Crippen molar-refractivity contribution in [1.29, 1.82) is 0 Å². The quantitative estimate of drug-likeness (QED) is 0.736. The molecule has 0 spiro atoms. The summed E-state index contributed by atoms with van der Waals surface area (Å²) in [6.45, 7) is 4.48. The maximum absolute atomic E-state index is 13.3. The van der Waals surface area contributed by atoms with Gasteiger partial charge in [-0.3, -0.25) is 9.69 Å². The zero-order valence-corrected chi connectivity index (χ0v) is 16.1. The minimum absolute atomic E-state index is 0.100. The monoisotopic (exact) mass is 420 g/mol. The molecular weight excluding hydrogens is 399 g/mol. The predicted octanol–water partition coefficient (Wildman–Crippen LogP) is 3.82. The van der Waals surface area contributed by atoms with E-state index in [1.54, 1.807) is 12.1 Å². The molecule has 1 aliphatic rings. The molecule has 0 aliphatic carbocycles. The summed E-state index contributed by atoms with van der Waals surface area (Å²) in [7, 11) is 0. The average Bonchev–Trinajstić information content (AvgIpc) is 2.87. The van der Waals surface area contributed by atoms with Crippen LogP contribution in [-0.4, -0.2) is 55.0 Å². The SMILES string of the molecule is O=C(c1cccc(F)c1)N1CCCN(CCOc2cccc(Br)c2)CC1. The van der Waals surface area contributed by atoms with Crippen molar-refractivity contribution in [2.75, 3.05) is 39.3 Å². The van der Waals surface area contributed by atoms with E-state index in [9.17, 15) is 9.18 Å². The summed E-state index contributed by atoms with van der Waals surface area (Å²) in [6.07, 6.45) is 0.901. The molecule has 26 heavy (non-hydrogen) atoms. The van der Waals surface area contributed by atoms with Gasteiger partial charge in [0, 0.05) is 42.8 Å². The van der Waals surface area contributed by atoms with Crippen LogP contribution in [0.15, 0.2) is 53.0 Å². The van der Waals surface area contributed by atoms with Crippen LogP contribution in [-0.2, 0) is 0 Å². The average molecular weight is 421 g/mol. The first-order chi connectivity index (χ1) is 12.6. The lowest BCUT2D eigenvalue weighted by atomic mass is 10.2. The fraction of sp³-hybridized carbons (Fsp3) is 0.350. The molecule has 0 atom stereocenters. The van der Waals surface area contributed by atoms with Gasteiger partial charge in [0.25, 0.3) is 5.91 Å². The summed E-state index contributed by atoms with van der Waals surface area (Å²) >= 11 is 3.43. The van der Waals surface area contributed by atoms with Crippen molar-refractivity contribution in [1.82, 2.24) is 9.80 Å². The summed E-state index contributed by atoms with van der Waals surface area (Å²) in [6, 6.07) is 13.7. The molecule has 6 heteroatoms. The molecule has 1 amide bonds. The number of amides is 1. The van der Waals surface area contributed by atoms with Crippen LogP contribution in [0.25, 0.3) is 0 Å². The standard InChI is InChI=1S/C20H22BrFN2O2/c21-17-5-2-7-19(15-17)26-13-12-23-8-3-9-24(11-10-23)20(25)16-4-1-6-18(22)14-16/h1-2,4-7,14-15H,3,8-13H2. The topological polar surface area (TPSA) is 32.8 Å². The summed E-state index contributed by atoms with van der Waals surface area (Å²) in [5.74, 6) is 0.367. The van der Waals surface area contributed by atoms with Crippen LogP contribution in [0.5, 0.6) is 5.75 Å². The van der Waals surface area contributed by atoms with Crippen molar-refractivity contribution in [2.24, 2.45) is 0 Å².